The van der Waals surface area contributed by atoms with Crippen molar-refractivity contribution < 1.29 is 14.3 Å². The van der Waals surface area contributed by atoms with Crippen molar-refractivity contribution in [3.05, 3.63) is 10.6 Å². The molecule has 1 spiro atoms. The number of nitrogens with zero attached hydrogens (tertiary/aromatic N) is 4. The Morgan fingerprint density at radius 2 is 1.89 bits per heavy atom. The van der Waals surface area contributed by atoms with Gasteiger partial charge in [-0.15, -0.1) is 0 Å². The van der Waals surface area contributed by atoms with E-state index >= 15 is 0 Å². The summed E-state index contributed by atoms with van der Waals surface area (Å²) in [6, 6.07) is 0. The van der Waals surface area contributed by atoms with Gasteiger partial charge in [-0.25, -0.2) is 4.98 Å². The van der Waals surface area contributed by atoms with Crippen LogP contribution in [0.2, 0.25) is 0 Å². The molecule has 4 rings (SSSR count). The zero-order chi connectivity index (χ0) is 19.7. The lowest BCUT2D eigenvalue weighted by Crippen LogP contribution is -2.61. The van der Waals surface area contributed by atoms with Crippen molar-refractivity contribution in [2.24, 2.45) is 0 Å². The summed E-state index contributed by atoms with van der Waals surface area (Å²) in [4.78, 5) is 38.2. The predicted molar refractivity (Wildman–Crippen MR) is 109 cm³/mol. The van der Waals surface area contributed by atoms with Gasteiger partial charge in [-0.05, 0) is 39.0 Å². The monoisotopic (exact) mass is 406 g/mol. The molecule has 2 amide bonds. The van der Waals surface area contributed by atoms with Crippen LogP contribution >= 0.6 is 11.3 Å². The van der Waals surface area contributed by atoms with Gasteiger partial charge in [-0.2, -0.15) is 0 Å². The summed E-state index contributed by atoms with van der Waals surface area (Å²) in [7, 11) is 0. The van der Waals surface area contributed by atoms with Crippen molar-refractivity contribution in [3.63, 3.8) is 0 Å². The van der Waals surface area contributed by atoms with E-state index in [1.54, 1.807) is 0 Å². The van der Waals surface area contributed by atoms with Gasteiger partial charge in [0.25, 0.3) is 5.91 Å². The number of likely N-dealkylation sites (tertiary alicyclic amines) is 2. The van der Waals surface area contributed by atoms with Crippen LogP contribution in [0, 0.1) is 6.92 Å². The molecule has 0 N–H and O–H groups in total. The highest BCUT2D eigenvalue weighted by Crippen LogP contribution is 2.40. The van der Waals surface area contributed by atoms with Gasteiger partial charge >= 0.3 is 0 Å². The lowest BCUT2D eigenvalue weighted by atomic mass is 9.85. The molecular formula is C20H30N4O3S. The SMILES string of the molecule is CCCN1CCCC2(CCCN2C(=O)c2sc(N3CCOCC3)nc2C)C1=O. The van der Waals surface area contributed by atoms with Gasteiger partial charge in [0.05, 0.1) is 18.9 Å². The minimum atomic E-state index is -0.639. The Hall–Kier alpha value is -1.67. The fourth-order valence-corrected chi connectivity index (χ4v) is 5.87. The van der Waals surface area contributed by atoms with Gasteiger partial charge in [0.1, 0.15) is 10.4 Å². The Labute approximate surface area is 170 Å². The van der Waals surface area contributed by atoms with Crippen molar-refractivity contribution in [2.45, 2.75) is 51.5 Å². The van der Waals surface area contributed by atoms with Crippen molar-refractivity contribution in [1.82, 2.24) is 14.8 Å². The number of aryl methyl sites for hydroxylation is 1. The molecule has 28 heavy (non-hydrogen) atoms. The summed E-state index contributed by atoms with van der Waals surface area (Å²) < 4.78 is 5.42. The number of hydrogen-bond acceptors (Lipinski definition) is 6. The van der Waals surface area contributed by atoms with Crippen LogP contribution in [0.5, 0.6) is 0 Å². The molecule has 4 heterocycles. The average molecular weight is 407 g/mol. The first-order chi connectivity index (χ1) is 13.6. The van der Waals surface area contributed by atoms with Gasteiger partial charge < -0.3 is 19.4 Å². The summed E-state index contributed by atoms with van der Waals surface area (Å²) in [5.41, 5.74) is 0.132. The molecule has 0 bridgehead atoms. The smallest absolute Gasteiger partial charge is 0.266 e. The first-order valence-corrected chi connectivity index (χ1v) is 11.3. The second-order valence-electron chi connectivity index (χ2n) is 8.00. The van der Waals surface area contributed by atoms with Crippen LogP contribution in [0.15, 0.2) is 0 Å². The molecule has 1 atom stereocenters. The standard InChI is InChI=1S/C20H30N4O3S/c1-3-8-22-9-4-6-20(18(22)26)7-5-10-24(20)17(25)16-15(2)21-19(28-16)23-11-13-27-14-12-23/h3-14H2,1-2H3. The Bertz CT molecular complexity index is 744. The van der Waals surface area contributed by atoms with Crippen LogP contribution in [0.3, 0.4) is 0 Å². The summed E-state index contributed by atoms with van der Waals surface area (Å²) in [6.45, 7) is 9.26. The Balaban J connectivity index is 1.59. The molecule has 3 saturated heterocycles. The fourth-order valence-electron chi connectivity index (χ4n) is 4.80. The van der Waals surface area contributed by atoms with Gasteiger partial charge in [0.15, 0.2) is 5.13 Å². The fraction of sp³-hybridized carbons (Fsp3) is 0.750. The first kappa shape index (κ1) is 19.6. The van der Waals surface area contributed by atoms with Crippen molar-refractivity contribution in [3.8, 4) is 0 Å². The van der Waals surface area contributed by atoms with E-state index in [2.05, 4.69) is 16.8 Å². The molecule has 1 aromatic rings. The van der Waals surface area contributed by atoms with E-state index in [1.807, 2.05) is 16.7 Å². The minimum Gasteiger partial charge on any atom is -0.378 e. The van der Waals surface area contributed by atoms with Gasteiger partial charge in [0.2, 0.25) is 5.91 Å². The number of carbonyl (C=O) groups is 2. The van der Waals surface area contributed by atoms with Crippen molar-refractivity contribution in [2.75, 3.05) is 50.8 Å². The third-order valence-electron chi connectivity index (χ3n) is 6.19. The largest absolute Gasteiger partial charge is 0.378 e. The van der Waals surface area contributed by atoms with Crippen LogP contribution in [0.4, 0.5) is 5.13 Å². The van der Waals surface area contributed by atoms with Crippen LogP contribution in [-0.4, -0.2) is 78.1 Å². The lowest BCUT2D eigenvalue weighted by Gasteiger charge is -2.44. The Morgan fingerprint density at radius 3 is 2.61 bits per heavy atom. The zero-order valence-electron chi connectivity index (χ0n) is 16.9. The zero-order valence-corrected chi connectivity index (χ0v) is 17.7. The van der Waals surface area contributed by atoms with E-state index in [-0.39, 0.29) is 11.8 Å². The molecular weight excluding hydrogens is 376 g/mol. The van der Waals surface area contributed by atoms with E-state index in [9.17, 15) is 9.59 Å². The third kappa shape index (κ3) is 3.30. The molecule has 8 heteroatoms. The molecule has 3 aliphatic rings. The second kappa shape index (κ2) is 7.99. The second-order valence-corrected chi connectivity index (χ2v) is 8.98. The minimum absolute atomic E-state index is 0.0151. The van der Waals surface area contributed by atoms with E-state index < -0.39 is 5.54 Å². The van der Waals surface area contributed by atoms with E-state index in [0.717, 1.165) is 69.1 Å². The topological polar surface area (TPSA) is 66.0 Å². The molecule has 3 fully saturated rings. The highest BCUT2D eigenvalue weighted by Gasteiger charge is 2.53. The number of amides is 2. The molecule has 3 aliphatic heterocycles. The summed E-state index contributed by atoms with van der Waals surface area (Å²) in [5.74, 6) is 0.140. The highest BCUT2D eigenvalue weighted by molar-refractivity contribution is 7.17. The number of hydrogen-bond donors (Lipinski definition) is 0. The van der Waals surface area contributed by atoms with Gasteiger partial charge in [0, 0.05) is 32.7 Å². The number of carbonyl (C=O) groups excluding carboxylic acids is 2. The van der Waals surface area contributed by atoms with Crippen molar-refractivity contribution >= 4 is 28.3 Å². The van der Waals surface area contributed by atoms with Crippen LogP contribution in [0.1, 0.15) is 54.4 Å². The predicted octanol–water partition coefficient (Wildman–Crippen LogP) is 2.30. The number of ether oxygens (including phenoxy) is 1. The molecule has 7 nitrogen and oxygen atoms in total. The molecule has 0 aliphatic carbocycles. The third-order valence-corrected chi connectivity index (χ3v) is 7.40. The van der Waals surface area contributed by atoms with Gasteiger partial charge in [-0.1, -0.05) is 18.3 Å². The first-order valence-electron chi connectivity index (χ1n) is 10.5. The molecule has 1 unspecified atom stereocenters. The molecule has 0 aromatic carbocycles. The number of morpholine rings is 1. The number of rotatable bonds is 4. The van der Waals surface area contributed by atoms with Crippen molar-refractivity contribution in [1.29, 1.82) is 0 Å². The number of piperidine rings is 1. The average Bonchev–Trinajstić information content (AvgIpc) is 3.30. The maximum Gasteiger partial charge on any atom is 0.266 e. The molecule has 0 radical (unpaired) electrons. The molecule has 0 saturated carbocycles. The van der Waals surface area contributed by atoms with Crippen LogP contribution in [-0.2, 0) is 9.53 Å². The molecule has 1 aromatic heterocycles. The summed E-state index contributed by atoms with van der Waals surface area (Å²) >= 11 is 1.46. The molecule has 154 valence electrons. The van der Waals surface area contributed by atoms with Crippen LogP contribution in [0.25, 0.3) is 0 Å². The Kier molecular flexibility index (Phi) is 5.60. The number of anilines is 1. The quantitative estimate of drug-likeness (QED) is 0.768. The van der Waals surface area contributed by atoms with Gasteiger partial charge in [-0.3, -0.25) is 9.59 Å². The summed E-state index contributed by atoms with van der Waals surface area (Å²) in [5, 5.41) is 0.889. The number of thiazole rings is 1. The highest BCUT2D eigenvalue weighted by atomic mass is 32.1. The normalized spacial score (nSPS) is 25.8. The summed E-state index contributed by atoms with van der Waals surface area (Å²) in [6.07, 6.45) is 4.38. The number of aromatic nitrogens is 1. The van der Waals surface area contributed by atoms with Crippen LogP contribution < -0.4 is 4.90 Å². The van der Waals surface area contributed by atoms with E-state index in [0.29, 0.717) is 24.6 Å². The van der Waals surface area contributed by atoms with E-state index in [4.69, 9.17) is 4.74 Å². The maximum atomic E-state index is 13.5. The maximum absolute atomic E-state index is 13.5. The van der Waals surface area contributed by atoms with E-state index in [1.165, 1.54) is 11.3 Å². The Morgan fingerprint density at radius 1 is 1.18 bits per heavy atom. The lowest BCUT2D eigenvalue weighted by molar-refractivity contribution is -0.145.